The van der Waals surface area contributed by atoms with Crippen molar-refractivity contribution in [1.82, 2.24) is 4.90 Å². The molecule has 0 saturated carbocycles. The summed E-state index contributed by atoms with van der Waals surface area (Å²) in [5, 5.41) is 11.3. The predicted octanol–water partition coefficient (Wildman–Crippen LogP) is 0.865. The standard InChI is InChI=1S/C10H15N3O/c1-13(8-10(11)12-14)7-9-5-3-2-4-6-9/h2-6,14H,7-8H2,1H3,(H2,11,12). The van der Waals surface area contributed by atoms with Crippen LogP contribution < -0.4 is 5.73 Å². The smallest absolute Gasteiger partial charge is 0.153 e. The van der Waals surface area contributed by atoms with Crippen LogP contribution in [-0.4, -0.2) is 29.5 Å². The van der Waals surface area contributed by atoms with E-state index in [0.717, 1.165) is 6.54 Å². The molecule has 4 heteroatoms. The SMILES string of the molecule is CN(CC(N)=NO)Cc1ccccc1. The number of hydrogen-bond donors (Lipinski definition) is 2. The summed E-state index contributed by atoms with van der Waals surface area (Å²) in [4.78, 5) is 1.98. The summed E-state index contributed by atoms with van der Waals surface area (Å²) in [5.74, 6) is 0.225. The lowest BCUT2D eigenvalue weighted by Crippen LogP contribution is -2.30. The van der Waals surface area contributed by atoms with Gasteiger partial charge in [0, 0.05) is 6.54 Å². The molecular weight excluding hydrogens is 178 g/mol. The van der Waals surface area contributed by atoms with Gasteiger partial charge in [-0.1, -0.05) is 35.5 Å². The average molecular weight is 193 g/mol. The van der Waals surface area contributed by atoms with Crippen molar-refractivity contribution >= 4 is 5.84 Å². The zero-order valence-electron chi connectivity index (χ0n) is 8.22. The van der Waals surface area contributed by atoms with Gasteiger partial charge in [0.25, 0.3) is 0 Å². The van der Waals surface area contributed by atoms with Crippen LogP contribution in [0.15, 0.2) is 35.5 Å². The molecule has 76 valence electrons. The van der Waals surface area contributed by atoms with Gasteiger partial charge in [-0.2, -0.15) is 0 Å². The molecule has 0 amide bonds. The molecule has 0 aliphatic rings. The zero-order valence-corrected chi connectivity index (χ0v) is 8.22. The second-order valence-corrected chi connectivity index (χ2v) is 3.25. The molecule has 0 fully saturated rings. The Hall–Kier alpha value is -1.55. The van der Waals surface area contributed by atoms with Crippen LogP contribution in [0.2, 0.25) is 0 Å². The summed E-state index contributed by atoms with van der Waals surface area (Å²) < 4.78 is 0. The molecule has 1 rings (SSSR count). The van der Waals surface area contributed by atoms with Gasteiger partial charge in [-0.05, 0) is 12.6 Å². The summed E-state index contributed by atoms with van der Waals surface area (Å²) in [5.41, 5.74) is 6.59. The summed E-state index contributed by atoms with van der Waals surface area (Å²) in [6, 6.07) is 10.1. The molecule has 0 aromatic heterocycles. The summed E-state index contributed by atoms with van der Waals surface area (Å²) >= 11 is 0. The van der Waals surface area contributed by atoms with Crippen molar-refractivity contribution in [3.63, 3.8) is 0 Å². The van der Waals surface area contributed by atoms with Gasteiger partial charge in [0.15, 0.2) is 5.84 Å². The molecule has 3 N–H and O–H groups in total. The summed E-state index contributed by atoms with van der Waals surface area (Å²) in [6.07, 6.45) is 0. The minimum atomic E-state index is 0.225. The van der Waals surface area contributed by atoms with Crippen molar-refractivity contribution in [2.75, 3.05) is 13.6 Å². The van der Waals surface area contributed by atoms with E-state index in [-0.39, 0.29) is 5.84 Å². The highest BCUT2D eigenvalue weighted by Crippen LogP contribution is 2.01. The zero-order chi connectivity index (χ0) is 10.4. The number of nitrogens with two attached hydrogens (primary N) is 1. The molecule has 0 saturated heterocycles. The minimum Gasteiger partial charge on any atom is -0.409 e. The first-order valence-electron chi connectivity index (χ1n) is 4.41. The third kappa shape index (κ3) is 3.45. The van der Waals surface area contributed by atoms with Crippen LogP contribution in [0.1, 0.15) is 5.56 Å². The van der Waals surface area contributed by atoms with Crippen molar-refractivity contribution in [2.45, 2.75) is 6.54 Å². The second kappa shape index (κ2) is 5.24. The molecule has 0 radical (unpaired) electrons. The largest absolute Gasteiger partial charge is 0.409 e. The van der Waals surface area contributed by atoms with Gasteiger partial charge in [-0.15, -0.1) is 0 Å². The van der Waals surface area contributed by atoms with E-state index < -0.39 is 0 Å². The molecule has 0 bridgehead atoms. The van der Waals surface area contributed by atoms with Gasteiger partial charge in [-0.3, -0.25) is 4.90 Å². The lowest BCUT2D eigenvalue weighted by atomic mass is 10.2. The van der Waals surface area contributed by atoms with Gasteiger partial charge >= 0.3 is 0 Å². The lowest BCUT2D eigenvalue weighted by molar-refractivity contribution is 0.308. The number of oxime groups is 1. The number of hydrogen-bond acceptors (Lipinski definition) is 3. The van der Waals surface area contributed by atoms with E-state index in [2.05, 4.69) is 5.16 Å². The third-order valence-electron chi connectivity index (χ3n) is 1.86. The number of likely N-dealkylation sites (N-methyl/N-ethyl adjacent to an activating group) is 1. The van der Waals surface area contributed by atoms with Gasteiger partial charge in [0.1, 0.15) is 0 Å². The summed E-state index contributed by atoms with van der Waals surface area (Å²) in [7, 11) is 1.92. The second-order valence-electron chi connectivity index (χ2n) is 3.25. The quantitative estimate of drug-likeness (QED) is 0.323. The first kappa shape index (κ1) is 10.5. The first-order chi connectivity index (χ1) is 6.72. The highest BCUT2D eigenvalue weighted by Gasteiger charge is 2.01. The van der Waals surface area contributed by atoms with Crippen molar-refractivity contribution in [2.24, 2.45) is 10.9 Å². The monoisotopic (exact) mass is 193 g/mol. The molecule has 0 heterocycles. The fraction of sp³-hybridized carbons (Fsp3) is 0.300. The molecule has 4 nitrogen and oxygen atoms in total. The van der Waals surface area contributed by atoms with Crippen LogP contribution in [0, 0.1) is 0 Å². The van der Waals surface area contributed by atoms with Crippen LogP contribution in [0.25, 0.3) is 0 Å². The van der Waals surface area contributed by atoms with Gasteiger partial charge in [0.2, 0.25) is 0 Å². The van der Waals surface area contributed by atoms with Crippen LogP contribution in [0.3, 0.4) is 0 Å². The van der Waals surface area contributed by atoms with E-state index >= 15 is 0 Å². The Bertz CT molecular complexity index is 297. The highest BCUT2D eigenvalue weighted by atomic mass is 16.4. The van der Waals surface area contributed by atoms with E-state index in [4.69, 9.17) is 10.9 Å². The number of rotatable bonds is 4. The fourth-order valence-electron chi connectivity index (χ4n) is 1.26. The van der Waals surface area contributed by atoms with Crippen LogP contribution in [-0.2, 0) is 6.54 Å². The van der Waals surface area contributed by atoms with Crippen molar-refractivity contribution in [3.8, 4) is 0 Å². The Kier molecular flexibility index (Phi) is 3.94. The summed E-state index contributed by atoms with van der Waals surface area (Å²) in [6.45, 7) is 1.25. The molecule has 14 heavy (non-hydrogen) atoms. The van der Waals surface area contributed by atoms with E-state index in [0.29, 0.717) is 6.54 Å². The molecule has 0 atom stereocenters. The Morgan fingerprint density at radius 3 is 2.64 bits per heavy atom. The van der Waals surface area contributed by atoms with Crippen LogP contribution >= 0.6 is 0 Å². The van der Waals surface area contributed by atoms with E-state index in [1.54, 1.807) is 0 Å². The first-order valence-corrected chi connectivity index (χ1v) is 4.41. The molecule has 0 spiro atoms. The Morgan fingerprint density at radius 1 is 1.43 bits per heavy atom. The molecule has 0 unspecified atom stereocenters. The number of amidine groups is 1. The minimum absolute atomic E-state index is 0.225. The Labute approximate surface area is 83.6 Å². The lowest BCUT2D eigenvalue weighted by Gasteiger charge is -2.15. The maximum absolute atomic E-state index is 8.39. The van der Waals surface area contributed by atoms with Gasteiger partial charge < -0.3 is 10.9 Å². The van der Waals surface area contributed by atoms with Gasteiger partial charge in [-0.25, -0.2) is 0 Å². The molecule has 0 aliphatic carbocycles. The molecule has 1 aromatic carbocycles. The molecule has 0 aliphatic heterocycles. The number of benzene rings is 1. The Balaban J connectivity index is 2.45. The average Bonchev–Trinajstić information content (AvgIpc) is 2.19. The van der Waals surface area contributed by atoms with E-state index in [1.807, 2.05) is 42.3 Å². The van der Waals surface area contributed by atoms with Crippen LogP contribution in [0.5, 0.6) is 0 Å². The third-order valence-corrected chi connectivity index (χ3v) is 1.86. The van der Waals surface area contributed by atoms with Crippen molar-refractivity contribution < 1.29 is 5.21 Å². The van der Waals surface area contributed by atoms with E-state index in [1.165, 1.54) is 5.56 Å². The topological polar surface area (TPSA) is 61.8 Å². The molecule has 1 aromatic rings. The highest BCUT2D eigenvalue weighted by molar-refractivity contribution is 5.81. The van der Waals surface area contributed by atoms with Gasteiger partial charge in [0.05, 0.1) is 6.54 Å². The van der Waals surface area contributed by atoms with E-state index in [9.17, 15) is 0 Å². The normalized spacial score (nSPS) is 12.0. The maximum atomic E-state index is 8.39. The van der Waals surface area contributed by atoms with Crippen LogP contribution in [0.4, 0.5) is 0 Å². The number of nitrogens with zero attached hydrogens (tertiary/aromatic N) is 2. The fourth-order valence-corrected chi connectivity index (χ4v) is 1.26. The molecular formula is C10H15N3O. The maximum Gasteiger partial charge on any atom is 0.153 e. The Morgan fingerprint density at radius 2 is 2.07 bits per heavy atom. The predicted molar refractivity (Wildman–Crippen MR) is 56.2 cm³/mol. The van der Waals surface area contributed by atoms with Crippen molar-refractivity contribution in [3.05, 3.63) is 35.9 Å². The van der Waals surface area contributed by atoms with Crippen molar-refractivity contribution in [1.29, 1.82) is 0 Å².